The second-order valence-electron chi connectivity index (χ2n) is 7.19. The van der Waals surface area contributed by atoms with E-state index >= 15 is 0 Å². The Morgan fingerprint density at radius 3 is 2.38 bits per heavy atom. The Balaban J connectivity index is 1.82. The molecule has 2 unspecified atom stereocenters. The third-order valence-electron chi connectivity index (χ3n) is 4.70. The van der Waals surface area contributed by atoms with Crippen molar-refractivity contribution in [3.63, 3.8) is 0 Å². The van der Waals surface area contributed by atoms with Crippen molar-refractivity contribution < 1.29 is 0 Å². The number of para-hydroxylation sites is 1. The van der Waals surface area contributed by atoms with Crippen LogP contribution in [0.5, 0.6) is 0 Å². The van der Waals surface area contributed by atoms with Crippen molar-refractivity contribution in [3.8, 4) is 0 Å². The van der Waals surface area contributed by atoms with E-state index in [0.29, 0.717) is 18.1 Å². The number of nitrogens with one attached hydrogen (secondary N) is 5. The van der Waals surface area contributed by atoms with Gasteiger partial charge in [-0.1, -0.05) is 57.5 Å². The molecule has 5 N–H and O–H groups in total. The van der Waals surface area contributed by atoms with Crippen molar-refractivity contribution in [2.45, 2.75) is 71.5 Å². The molecule has 1 aliphatic rings. The van der Waals surface area contributed by atoms with Crippen LogP contribution in [0.3, 0.4) is 0 Å². The van der Waals surface area contributed by atoms with E-state index in [0.717, 1.165) is 25.2 Å². The lowest BCUT2D eigenvalue weighted by Gasteiger charge is -2.36. The fourth-order valence-corrected chi connectivity index (χ4v) is 3.44. The largest absolute Gasteiger partial charge is 0.312 e. The Labute approximate surface area is 158 Å². The van der Waals surface area contributed by atoms with Gasteiger partial charge in [-0.25, -0.2) is 10.4 Å². The summed E-state index contributed by atoms with van der Waals surface area (Å²) in [5.41, 5.74) is 14.3. The first-order chi connectivity index (χ1) is 12.6. The first-order valence-electron chi connectivity index (χ1n) is 10.0. The van der Waals surface area contributed by atoms with Crippen LogP contribution in [0.2, 0.25) is 0 Å². The maximum atomic E-state index is 3.66. The molecule has 0 heterocycles. The molecule has 26 heavy (non-hydrogen) atoms. The SMILES string of the molecule is CCN(CC)N(NNNC1CCCC(NC(C)C)C1)Nc1ccccc1. The highest BCUT2D eigenvalue weighted by Gasteiger charge is 2.22. The van der Waals surface area contributed by atoms with Gasteiger partial charge in [-0.2, -0.15) is 5.53 Å². The standard InChI is InChI=1S/C19H37N7/c1-5-25(6-2)26(22-17-11-8-7-9-12-17)24-23-21-19-14-10-13-18(15-19)20-16(3)4/h7-9,11-12,16,18-24H,5-6,10,13-15H2,1-4H3. The quantitative estimate of drug-likeness (QED) is 0.387. The highest BCUT2D eigenvalue weighted by atomic mass is 16.0. The van der Waals surface area contributed by atoms with Crippen LogP contribution < -0.4 is 27.2 Å². The van der Waals surface area contributed by atoms with Gasteiger partial charge in [-0.05, 0) is 31.4 Å². The van der Waals surface area contributed by atoms with Gasteiger partial charge in [0.25, 0.3) is 0 Å². The van der Waals surface area contributed by atoms with Gasteiger partial charge in [0.1, 0.15) is 0 Å². The second-order valence-corrected chi connectivity index (χ2v) is 7.19. The summed E-state index contributed by atoms with van der Waals surface area (Å²) in [5, 5.41) is 7.73. The molecule has 1 saturated carbocycles. The van der Waals surface area contributed by atoms with E-state index in [1.165, 1.54) is 19.3 Å². The number of benzene rings is 1. The molecule has 0 aliphatic heterocycles. The van der Waals surface area contributed by atoms with Gasteiger partial charge < -0.3 is 5.32 Å². The number of hydrazine groups is 5. The summed E-state index contributed by atoms with van der Waals surface area (Å²) in [6, 6.07) is 11.8. The van der Waals surface area contributed by atoms with E-state index in [2.05, 4.69) is 72.1 Å². The summed E-state index contributed by atoms with van der Waals surface area (Å²) in [4.78, 5) is 0. The summed E-state index contributed by atoms with van der Waals surface area (Å²) in [6.45, 7) is 10.5. The third-order valence-corrected chi connectivity index (χ3v) is 4.70. The molecule has 0 radical (unpaired) electrons. The zero-order chi connectivity index (χ0) is 18.8. The average molecular weight is 364 g/mol. The molecule has 1 fully saturated rings. The molecule has 148 valence electrons. The zero-order valence-electron chi connectivity index (χ0n) is 16.8. The van der Waals surface area contributed by atoms with Crippen LogP contribution in [0.1, 0.15) is 53.4 Å². The first-order valence-corrected chi connectivity index (χ1v) is 10.0. The lowest BCUT2D eigenvalue weighted by atomic mass is 9.91. The molecule has 0 amide bonds. The molecule has 0 spiro atoms. The van der Waals surface area contributed by atoms with Crippen molar-refractivity contribution in [2.24, 2.45) is 0 Å². The van der Waals surface area contributed by atoms with Crippen molar-refractivity contribution in [1.82, 2.24) is 32.0 Å². The number of hydrogen-bond donors (Lipinski definition) is 5. The Bertz CT molecular complexity index is 478. The minimum Gasteiger partial charge on any atom is -0.312 e. The number of nitrogens with zero attached hydrogens (tertiary/aromatic N) is 2. The van der Waals surface area contributed by atoms with E-state index in [1.54, 1.807) is 0 Å². The Hall–Kier alpha value is -1.22. The molecule has 1 aliphatic carbocycles. The van der Waals surface area contributed by atoms with Crippen LogP contribution in [0.25, 0.3) is 0 Å². The van der Waals surface area contributed by atoms with Crippen molar-refractivity contribution in [2.75, 3.05) is 18.5 Å². The monoisotopic (exact) mass is 363 g/mol. The summed E-state index contributed by atoms with van der Waals surface area (Å²) in [6.07, 6.45) is 4.86. The molecule has 2 rings (SSSR count). The molecular formula is C19H37N7. The average Bonchev–Trinajstić information content (AvgIpc) is 2.63. The van der Waals surface area contributed by atoms with Gasteiger partial charge in [0, 0.05) is 31.2 Å². The molecular weight excluding hydrogens is 326 g/mol. The molecule has 1 aromatic carbocycles. The molecule has 0 aromatic heterocycles. The highest BCUT2D eigenvalue weighted by Crippen LogP contribution is 2.18. The van der Waals surface area contributed by atoms with Crippen molar-refractivity contribution in [3.05, 3.63) is 30.3 Å². The van der Waals surface area contributed by atoms with Crippen LogP contribution >= 0.6 is 0 Å². The lowest BCUT2D eigenvalue weighted by molar-refractivity contribution is -0.0616. The van der Waals surface area contributed by atoms with Gasteiger partial charge in [0.05, 0.1) is 5.69 Å². The minimum absolute atomic E-state index is 0.461. The third kappa shape index (κ3) is 7.19. The van der Waals surface area contributed by atoms with Gasteiger partial charge in [-0.15, -0.1) is 5.53 Å². The topological polar surface area (TPSA) is 66.6 Å². The lowest BCUT2D eigenvalue weighted by Crippen LogP contribution is -2.63. The molecule has 0 saturated heterocycles. The predicted molar refractivity (Wildman–Crippen MR) is 109 cm³/mol. The van der Waals surface area contributed by atoms with Gasteiger partial charge in [0.2, 0.25) is 0 Å². The maximum absolute atomic E-state index is 3.66. The van der Waals surface area contributed by atoms with E-state index in [4.69, 9.17) is 0 Å². The van der Waals surface area contributed by atoms with Crippen LogP contribution in [-0.2, 0) is 0 Å². The van der Waals surface area contributed by atoms with E-state index in [9.17, 15) is 0 Å². The normalized spacial score (nSPS) is 20.9. The molecule has 7 nitrogen and oxygen atoms in total. The zero-order valence-corrected chi connectivity index (χ0v) is 16.8. The summed E-state index contributed by atoms with van der Waals surface area (Å²) < 4.78 is 0. The van der Waals surface area contributed by atoms with Crippen molar-refractivity contribution >= 4 is 5.69 Å². The molecule has 1 aromatic rings. The van der Waals surface area contributed by atoms with Crippen LogP contribution in [0.4, 0.5) is 5.69 Å². The first kappa shape index (κ1) is 21.1. The second kappa shape index (κ2) is 11.5. The summed E-state index contributed by atoms with van der Waals surface area (Å²) in [5.74, 6) is 0. The minimum atomic E-state index is 0.461. The molecule has 2 atom stereocenters. The fourth-order valence-electron chi connectivity index (χ4n) is 3.44. The summed E-state index contributed by atoms with van der Waals surface area (Å²) in [7, 11) is 0. The van der Waals surface area contributed by atoms with Gasteiger partial charge in [-0.3, -0.25) is 5.43 Å². The number of hydrogen-bond acceptors (Lipinski definition) is 7. The van der Waals surface area contributed by atoms with E-state index in [-0.39, 0.29) is 0 Å². The summed E-state index contributed by atoms with van der Waals surface area (Å²) >= 11 is 0. The Kier molecular flexibility index (Phi) is 9.31. The van der Waals surface area contributed by atoms with Gasteiger partial charge in [0.15, 0.2) is 0 Å². The number of rotatable bonds is 11. The smallest absolute Gasteiger partial charge is 0.0518 e. The van der Waals surface area contributed by atoms with Crippen molar-refractivity contribution in [1.29, 1.82) is 0 Å². The Morgan fingerprint density at radius 2 is 1.73 bits per heavy atom. The number of anilines is 1. The van der Waals surface area contributed by atoms with Crippen LogP contribution in [-0.4, -0.2) is 41.5 Å². The fraction of sp³-hybridized carbons (Fsp3) is 0.684. The molecule has 0 bridgehead atoms. The van der Waals surface area contributed by atoms with Crippen LogP contribution in [0.15, 0.2) is 30.3 Å². The predicted octanol–water partition coefficient (Wildman–Crippen LogP) is 2.40. The molecule has 7 heteroatoms. The van der Waals surface area contributed by atoms with Crippen LogP contribution in [0, 0.1) is 0 Å². The maximum Gasteiger partial charge on any atom is 0.0518 e. The van der Waals surface area contributed by atoms with E-state index in [1.807, 2.05) is 23.4 Å². The van der Waals surface area contributed by atoms with Gasteiger partial charge >= 0.3 is 0 Å². The van der Waals surface area contributed by atoms with E-state index < -0.39 is 0 Å². The Morgan fingerprint density at radius 1 is 1.04 bits per heavy atom. The highest BCUT2D eigenvalue weighted by molar-refractivity contribution is 5.41.